The fraction of sp³-hybridized carbons (Fsp3) is 0.391. The molecule has 2 N–H and O–H groups in total. The molecule has 12 heteroatoms. The fourth-order valence-corrected chi connectivity index (χ4v) is 5.02. The van der Waals surface area contributed by atoms with Gasteiger partial charge in [0.2, 0.25) is 21.9 Å². The summed E-state index contributed by atoms with van der Waals surface area (Å²) >= 11 is 0. The van der Waals surface area contributed by atoms with Crippen LogP contribution < -0.4 is 19.8 Å². The lowest BCUT2D eigenvalue weighted by Gasteiger charge is -2.39. The molecule has 0 saturated heterocycles. The molecule has 1 aliphatic rings. The van der Waals surface area contributed by atoms with Crippen LogP contribution in [-0.4, -0.2) is 53.7 Å². The first kappa shape index (κ1) is 24.6. The van der Waals surface area contributed by atoms with Gasteiger partial charge in [-0.2, -0.15) is 10.1 Å². The average molecular weight is 499 g/mol. The third-order valence-corrected chi connectivity index (χ3v) is 7.14. The molecule has 1 amide bonds. The number of rotatable bonds is 8. The van der Waals surface area contributed by atoms with E-state index in [1.165, 1.54) is 12.1 Å². The van der Waals surface area contributed by atoms with Gasteiger partial charge in [-0.15, -0.1) is 0 Å². The average Bonchev–Trinajstić information content (AvgIpc) is 3.26. The van der Waals surface area contributed by atoms with Crippen LogP contribution >= 0.6 is 0 Å². The van der Waals surface area contributed by atoms with Crippen LogP contribution in [0.3, 0.4) is 0 Å². The monoisotopic (exact) mass is 498 g/mol. The first-order chi connectivity index (χ1) is 16.6. The van der Waals surface area contributed by atoms with Crippen molar-refractivity contribution in [3.63, 3.8) is 0 Å². The highest BCUT2D eigenvalue weighted by molar-refractivity contribution is 7.89. The van der Waals surface area contributed by atoms with E-state index in [0.717, 1.165) is 0 Å². The molecular weight excluding hydrogens is 468 g/mol. The number of likely N-dealkylation sites (N-methyl/N-ethyl adjacent to an activating group) is 1. The summed E-state index contributed by atoms with van der Waals surface area (Å²) in [5.74, 6) is 1.65. The van der Waals surface area contributed by atoms with Crippen molar-refractivity contribution in [3.05, 3.63) is 42.7 Å². The first-order valence-corrected chi connectivity index (χ1v) is 12.9. The Kier molecular flexibility index (Phi) is 6.77. The van der Waals surface area contributed by atoms with Crippen molar-refractivity contribution in [2.45, 2.75) is 38.1 Å². The normalized spacial score (nSPS) is 16.1. The van der Waals surface area contributed by atoms with Crippen molar-refractivity contribution >= 4 is 44.9 Å². The lowest BCUT2D eigenvalue weighted by Crippen LogP contribution is -2.50. The molecule has 4 rings (SSSR count). The summed E-state index contributed by atoms with van der Waals surface area (Å²) in [5.41, 5.74) is 1.21. The molecule has 35 heavy (non-hydrogen) atoms. The number of fused-ring (bicyclic) bond motifs is 1. The summed E-state index contributed by atoms with van der Waals surface area (Å²) in [6.45, 7) is 6.20. The summed E-state index contributed by atoms with van der Waals surface area (Å²) in [7, 11) is -0.0468. The zero-order chi connectivity index (χ0) is 25.3. The van der Waals surface area contributed by atoms with Gasteiger partial charge in [0.05, 0.1) is 11.1 Å². The van der Waals surface area contributed by atoms with Gasteiger partial charge in [-0.05, 0) is 36.6 Å². The number of benzene rings is 1. The maximum Gasteiger partial charge on any atom is 0.250 e. The molecule has 0 aliphatic carbocycles. The van der Waals surface area contributed by atoms with Gasteiger partial charge in [-0.25, -0.2) is 18.1 Å². The predicted molar refractivity (Wildman–Crippen MR) is 135 cm³/mol. The highest BCUT2D eigenvalue weighted by Gasteiger charge is 2.39. The van der Waals surface area contributed by atoms with Gasteiger partial charge >= 0.3 is 0 Å². The van der Waals surface area contributed by atoms with Gasteiger partial charge in [0, 0.05) is 38.6 Å². The maximum atomic E-state index is 13.0. The number of hydrogen-bond acceptors (Lipinski definition) is 8. The Bertz CT molecular complexity index is 1320. The second-order valence-electron chi connectivity index (χ2n) is 8.84. The van der Waals surface area contributed by atoms with Crippen molar-refractivity contribution in [2.24, 2.45) is 13.0 Å². The van der Waals surface area contributed by atoms with Crippen molar-refractivity contribution < 1.29 is 13.2 Å². The number of anilines is 5. The molecule has 1 aliphatic heterocycles. The Morgan fingerprint density at radius 3 is 2.43 bits per heavy atom. The number of carbonyl (C=O) groups excluding carboxylic acids is 1. The van der Waals surface area contributed by atoms with E-state index in [-0.39, 0.29) is 16.7 Å². The van der Waals surface area contributed by atoms with Crippen LogP contribution in [0, 0.1) is 5.92 Å². The van der Waals surface area contributed by atoms with Gasteiger partial charge in [0.1, 0.15) is 11.7 Å². The van der Waals surface area contributed by atoms with Crippen LogP contribution in [-0.2, 0) is 21.9 Å². The molecule has 1 unspecified atom stereocenters. The van der Waals surface area contributed by atoms with E-state index in [2.05, 4.69) is 20.1 Å². The van der Waals surface area contributed by atoms with E-state index in [4.69, 9.17) is 4.98 Å². The number of aryl methyl sites for hydroxylation is 1. The molecule has 11 nitrogen and oxygen atoms in total. The largest absolute Gasteiger partial charge is 0.324 e. The zero-order valence-corrected chi connectivity index (χ0v) is 21.2. The third-order valence-electron chi connectivity index (χ3n) is 5.70. The molecule has 1 aromatic carbocycles. The lowest BCUT2D eigenvalue weighted by atomic mass is 10.1. The van der Waals surface area contributed by atoms with Crippen LogP contribution in [0.2, 0.25) is 0 Å². The van der Waals surface area contributed by atoms with Crippen LogP contribution in [0.5, 0.6) is 0 Å². The molecule has 0 radical (unpaired) electrons. The molecule has 3 heterocycles. The predicted octanol–water partition coefficient (Wildman–Crippen LogP) is 2.78. The van der Waals surface area contributed by atoms with Gasteiger partial charge in [0.25, 0.3) is 0 Å². The second-order valence-corrected chi connectivity index (χ2v) is 10.6. The van der Waals surface area contributed by atoms with Crippen LogP contribution in [0.1, 0.15) is 27.2 Å². The van der Waals surface area contributed by atoms with Gasteiger partial charge in [0.15, 0.2) is 11.6 Å². The van der Waals surface area contributed by atoms with Gasteiger partial charge < -0.3 is 10.2 Å². The van der Waals surface area contributed by atoms with Crippen LogP contribution in [0.15, 0.2) is 47.6 Å². The van der Waals surface area contributed by atoms with Crippen molar-refractivity contribution in [1.82, 2.24) is 24.5 Å². The minimum absolute atomic E-state index is 0.0576. The number of amides is 1. The van der Waals surface area contributed by atoms with E-state index in [0.29, 0.717) is 41.9 Å². The fourth-order valence-electron chi connectivity index (χ4n) is 3.80. The standard InChI is InChI=1S/C23H30N8O3S/c1-6-18-22(32)30(5)19-14-24-23(27-21(19)31(18)20-11-12-29(4)28-20)26-16-7-9-17(10-8-16)35(33,34)25-13-15(2)3/h7-12,14-15,18,25H,6,13H2,1-5H3,(H,24,26,27). The zero-order valence-electron chi connectivity index (χ0n) is 20.4. The Morgan fingerprint density at radius 1 is 1.11 bits per heavy atom. The van der Waals surface area contributed by atoms with E-state index in [1.54, 1.807) is 35.0 Å². The molecule has 0 spiro atoms. The van der Waals surface area contributed by atoms with Crippen LogP contribution in [0.25, 0.3) is 0 Å². The molecule has 186 valence electrons. The van der Waals surface area contributed by atoms with E-state index >= 15 is 0 Å². The number of carbonyl (C=O) groups is 1. The maximum absolute atomic E-state index is 13.0. The summed E-state index contributed by atoms with van der Waals surface area (Å²) in [6, 6.07) is 7.77. The molecular formula is C23H30N8O3S. The summed E-state index contributed by atoms with van der Waals surface area (Å²) in [6.07, 6.45) is 3.99. The Morgan fingerprint density at radius 2 is 1.83 bits per heavy atom. The number of nitrogens with zero attached hydrogens (tertiary/aromatic N) is 6. The highest BCUT2D eigenvalue weighted by atomic mass is 32.2. The molecule has 2 aromatic heterocycles. The lowest BCUT2D eigenvalue weighted by molar-refractivity contribution is -0.119. The van der Waals surface area contributed by atoms with Gasteiger partial charge in [-0.3, -0.25) is 14.4 Å². The second kappa shape index (κ2) is 9.62. The van der Waals surface area contributed by atoms with Crippen molar-refractivity contribution in [2.75, 3.05) is 28.7 Å². The molecule has 1 atom stereocenters. The smallest absolute Gasteiger partial charge is 0.250 e. The number of nitrogens with one attached hydrogen (secondary N) is 2. The van der Waals surface area contributed by atoms with E-state index in [1.807, 2.05) is 45.0 Å². The minimum Gasteiger partial charge on any atom is -0.324 e. The SMILES string of the molecule is CCC1C(=O)N(C)c2cnc(Nc3ccc(S(=O)(=O)NCC(C)C)cc3)nc2N1c1ccn(C)n1. The number of aromatic nitrogens is 4. The van der Waals surface area contributed by atoms with E-state index < -0.39 is 16.1 Å². The molecule has 3 aromatic rings. The molecule has 0 bridgehead atoms. The van der Waals surface area contributed by atoms with E-state index in [9.17, 15) is 13.2 Å². The summed E-state index contributed by atoms with van der Waals surface area (Å²) in [4.78, 5) is 25.7. The first-order valence-electron chi connectivity index (χ1n) is 11.4. The number of sulfonamides is 1. The van der Waals surface area contributed by atoms with Crippen LogP contribution in [0.4, 0.5) is 29.0 Å². The Labute approximate surface area is 205 Å². The number of hydrogen-bond donors (Lipinski definition) is 2. The van der Waals surface area contributed by atoms with Crippen molar-refractivity contribution in [1.29, 1.82) is 0 Å². The quantitative estimate of drug-likeness (QED) is 0.486. The Hall–Kier alpha value is -3.51. The highest BCUT2D eigenvalue weighted by Crippen LogP contribution is 2.39. The van der Waals surface area contributed by atoms with Crippen molar-refractivity contribution in [3.8, 4) is 0 Å². The summed E-state index contributed by atoms with van der Waals surface area (Å²) < 4.78 is 29.2. The Balaban J connectivity index is 1.63. The minimum atomic E-state index is -3.58. The summed E-state index contributed by atoms with van der Waals surface area (Å²) in [5, 5.41) is 7.62. The topological polar surface area (TPSA) is 125 Å². The molecule has 0 fully saturated rings. The third kappa shape index (κ3) is 4.98. The molecule has 0 saturated carbocycles. The van der Waals surface area contributed by atoms with Gasteiger partial charge in [-0.1, -0.05) is 20.8 Å².